The van der Waals surface area contributed by atoms with Crippen molar-refractivity contribution in [3.63, 3.8) is 0 Å². The van der Waals surface area contributed by atoms with E-state index in [-0.39, 0.29) is 5.92 Å². The molecule has 0 aromatic rings. The summed E-state index contributed by atoms with van der Waals surface area (Å²) in [7, 11) is 1.15. The average molecular weight is 260 g/mol. The van der Waals surface area contributed by atoms with Gasteiger partial charge in [-0.25, -0.2) is 4.79 Å². The SMILES string of the molecule is CCC(C)C(N)C(=O)N[C@@H](CC(=O)OC)C(=O)O. The molecule has 0 fully saturated rings. The Morgan fingerprint density at radius 3 is 2.33 bits per heavy atom. The van der Waals surface area contributed by atoms with Crippen molar-refractivity contribution in [2.75, 3.05) is 7.11 Å². The first kappa shape index (κ1) is 16.4. The Balaban J connectivity index is 4.54. The van der Waals surface area contributed by atoms with Gasteiger partial charge in [-0.3, -0.25) is 9.59 Å². The standard InChI is InChI=1S/C11H20N2O5/c1-4-6(2)9(12)10(15)13-7(11(16)17)5-8(14)18-3/h6-7,9H,4-5,12H2,1-3H3,(H,13,15)(H,16,17)/t6?,7-,9?/m0/s1. The Labute approximate surface area is 106 Å². The van der Waals surface area contributed by atoms with Crippen molar-refractivity contribution in [1.29, 1.82) is 0 Å². The maximum Gasteiger partial charge on any atom is 0.326 e. The van der Waals surface area contributed by atoms with Crippen molar-refractivity contribution in [2.45, 2.75) is 38.8 Å². The van der Waals surface area contributed by atoms with Crippen LogP contribution in [0.4, 0.5) is 0 Å². The lowest BCUT2D eigenvalue weighted by molar-refractivity contribution is -0.149. The highest BCUT2D eigenvalue weighted by Gasteiger charge is 2.27. The molecule has 3 atom stereocenters. The number of carbonyl (C=O) groups is 3. The number of nitrogens with one attached hydrogen (secondary N) is 1. The number of nitrogens with two attached hydrogens (primary N) is 1. The van der Waals surface area contributed by atoms with Crippen LogP contribution in [0.15, 0.2) is 0 Å². The number of carbonyl (C=O) groups excluding carboxylic acids is 2. The zero-order valence-electron chi connectivity index (χ0n) is 10.8. The minimum atomic E-state index is -1.32. The number of amides is 1. The molecule has 0 saturated heterocycles. The minimum Gasteiger partial charge on any atom is -0.480 e. The Kier molecular flexibility index (Phi) is 6.96. The lowest BCUT2D eigenvalue weighted by atomic mass is 9.99. The lowest BCUT2D eigenvalue weighted by Gasteiger charge is -2.20. The number of carboxylic acids is 1. The molecule has 7 heteroatoms. The van der Waals surface area contributed by atoms with E-state index in [0.717, 1.165) is 7.11 Å². The highest BCUT2D eigenvalue weighted by atomic mass is 16.5. The molecule has 0 aliphatic carbocycles. The molecule has 18 heavy (non-hydrogen) atoms. The van der Waals surface area contributed by atoms with E-state index in [0.29, 0.717) is 6.42 Å². The molecule has 0 aliphatic heterocycles. The highest BCUT2D eigenvalue weighted by Crippen LogP contribution is 2.06. The fourth-order valence-electron chi connectivity index (χ4n) is 1.23. The summed E-state index contributed by atoms with van der Waals surface area (Å²) in [6.45, 7) is 3.67. The third-order valence-corrected chi connectivity index (χ3v) is 2.77. The molecule has 4 N–H and O–H groups in total. The number of ether oxygens (including phenoxy) is 1. The summed E-state index contributed by atoms with van der Waals surface area (Å²) in [5.74, 6) is -2.66. The molecule has 7 nitrogen and oxygen atoms in total. The summed E-state index contributed by atoms with van der Waals surface area (Å²) in [6.07, 6.45) is 0.272. The van der Waals surface area contributed by atoms with Crippen LogP contribution in [0.1, 0.15) is 26.7 Å². The molecule has 0 heterocycles. The number of hydrogen-bond acceptors (Lipinski definition) is 5. The Bertz CT molecular complexity index is 319. The van der Waals surface area contributed by atoms with Crippen molar-refractivity contribution < 1.29 is 24.2 Å². The van der Waals surface area contributed by atoms with E-state index in [9.17, 15) is 14.4 Å². The lowest BCUT2D eigenvalue weighted by Crippen LogP contribution is -2.51. The molecule has 0 rings (SSSR count). The largest absolute Gasteiger partial charge is 0.480 e. The Hall–Kier alpha value is -1.63. The molecule has 0 aliphatic rings. The quantitative estimate of drug-likeness (QED) is 0.530. The van der Waals surface area contributed by atoms with Gasteiger partial charge >= 0.3 is 11.9 Å². The fourth-order valence-corrected chi connectivity index (χ4v) is 1.23. The predicted octanol–water partition coefficient (Wildman–Crippen LogP) is -0.508. The van der Waals surface area contributed by atoms with E-state index < -0.39 is 36.4 Å². The maximum atomic E-state index is 11.7. The summed E-state index contributed by atoms with van der Waals surface area (Å²) >= 11 is 0. The molecular weight excluding hydrogens is 240 g/mol. The second-order valence-electron chi connectivity index (χ2n) is 4.09. The zero-order valence-corrected chi connectivity index (χ0v) is 10.8. The van der Waals surface area contributed by atoms with Gasteiger partial charge in [0.05, 0.1) is 19.6 Å². The summed E-state index contributed by atoms with van der Waals surface area (Å²) < 4.78 is 4.36. The van der Waals surface area contributed by atoms with Crippen LogP contribution in [0.2, 0.25) is 0 Å². The Morgan fingerprint density at radius 1 is 1.39 bits per heavy atom. The predicted molar refractivity (Wildman–Crippen MR) is 63.6 cm³/mol. The van der Waals surface area contributed by atoms with E-state index in [4.69, 9.17) is 10.8 Å². The van der Waals surface area contributed by atoms with Crippen LogP contribution in [0.25, 0.3) is 0 Å². The highest BCUT2D eigenvalue weighted by molar-refractivity contribution is 5.89. The topological polar surface area (TPSA) is 119 Å². The van der Waals surface area contributed by atoms with Crippen LogP contribution in [0.5, 0.6) is 0 Å². The van der Waals surface area contributed by atoms with E-state index in [1.54, 1.807) is 6.92 Å². The minimum absolute atomic E-state index is 0.0717. The van der Waals surface area contributed by atoms with E-state index in [1.165, 1.54) is 0 Å². The molecule has 1 amide bonds. The maximum absolute atomic E-state index is 11.7. The normalized spacial score (nSPS) is 15.3. The summed E-state index contributed by atoms with van der Waals surface area (Å²) in [6, 6.07) is -2.12. The number of methoxy groups -OCH3 is 1. The molecule has 0 saturated carbocycles. The molecule has 0 spiro atoms. The molecular formula is C11H20N2O5. The van der Waals surface area contributed by atoms with Gasteiger partial charge in [-0.2, -0.15) is 0 Å². The second-order valence-corrected chi connectivity index (χ2v) is 4.09. The molecule has 0 aromatic carbocycles. The van der Waals surface area contributed by atoms with Crippen molar-refractivity contribution in [3.8, 4) is 0 Å². The van der Waals surface area contributed by atoms with Gasteiger partial charge < -0.3 is 20.9 Å². The van der Waals surface area contributed by atoms with E-state index in [1.807, 2.05) is 6.92 Å². The van der Waals surface area contributed by atoms with Gasteiger partial charge in [0.2, 0.25) is 5.91 Å². The van der Waals surface area contributed by atoms with Gasteiger partial charge in [0.25, 0.3) is 0 Å². The smallest absolute Gasteiger partial charge is 0.326 e. The third kappa shape index (κ3) is 5.13. The van der Waals surface area contributed by atoms with Crippen LogP contribution in [0.3, 0.4) is 0 Å². The molecule has 2 unspecified atom stereocenters. The van der Waals surface area contributed by atoms with Gasteiger partial charge in [0, 0.05) is 0 Å². The summed E-state index contributed by atoms with van der Waals surface area (Å²) in [5.41, 5.74) is 5.66. The van der Waals surface area contributed by atoms with Crippen molar-refractivity contribution in [3.05, 3.63) is 0 Å². The summed E-state index contributed by atoms with van der Waals surface area (Å²) in [4.78, 5) is 33.6. The van der Waals surface area contributed by atoms with E-state index in [2.05, 4.69) is 10.1 Å². The third-order valence-electron chi connectivity index (χ3n) is 2.77. The monoisotopic (exact) mass is 260 g/mol. The van der Waals surface area contributed by atoms with Gasteiger partial charge in [0.15, 0.2) is 0 Å². The average Bonchev–Trinajstić information content (AvgIpc) is 2.35. The first-order valence-electron chi connectivity index (χ1n) is 5.69. The molecule has 0 radical (unpaired) electrons. The van der Waals surface area contributed by atoms with Crippen LogP contribution in [-0.2, 0) is 19.1 Å². The van der Waals surface area contributed by atoms with Crippen LogP contribution < -0.4 is 11.1 Å². The first-order valence-corrected chi connectivity index (χ1v) is 5.69. The summed E-state index contributed by atoms with van der Waals surface area (Å²) in [5, 5.41) is 11.1. The number of rotatable bonds is 7. The van der Waals surface area contributed by atoms with E-state index >= 15 is 0 Å². The van der Waals surface area contributed by atoms with Gasteiger partial charge in [-0.1, -0.05) is 20.3 Å². The van der Waals surface area contributed by atoms with Crippen LogP contribution in [-0.4, -0.2) is 42.1 Å². The zero-order chi connectivity index (χ0) is 14.3. The van der Waals surface area contributed by atoms with Crippen molar-refractivity contribution in [2.24, 2.45) is 11.7 Å². The van der Waals surface area contributed by atoms with Crippen LogP contribution in [0, 0.1) is 5.92 Å². The molecule has 0 bridgehead atoms. The second kappa shape index (κ2) is 7.65. The first-order chi connectivity index (χ1) is 8.33. The molecule has 104 valence electrons. The van der Waals surface area contributed by atoms with Crippen molar-refractivity contribution >= 4 is 17.8 Å². The molecule has 0 aromatic heterocycles. The number of carboxylic acid groups (broad SMARTS) is 1. The number of hydrogen-bond donors (Lipinski definition) is 3. The Morgan fingerprint density at radius 2 is 1.94 bits per heavy atom. The van der Waals surface area contributed by atoms with Gasteiger partial charge in [-0.05, 0) is 5.92 Å². The van der Waals surface area contributed by atoms with Gasteiger partial charge in [-0.15, -0.1) is 0 Å². The van der Waals surface area contributed by atoms with Gasteiger partial charge in [0.1, 0.15) is 6.04 Å². The fraction of sp³-hybridized carbons (Fsp3) is 0.727. The van der Waals surface area contributed by atoms with Crippen molar-refractivity contribution in [1.82, 2.24) is 5.32 Å². The van der Waals surface area contributed by atoms with Crippen LogP contribution >= 0.6 is 0 Å². The number of aliphatic carboxylic acids is 1. The number of esters is 1.